The highest BCUT2D eigenvalue weighted by atomic mass is 32.1. The number of benzene rings is 1. The van der Waals surface area contributed by atoms with Crippen LogP contribution in [0.5, 0.6) is 11.6 Å². The first-order valence-corrected chi connectivity index (χ1v) is 10.4. The lowest BCUT2D eigenvalue weighted by Gasteiger charge is -2.31. The Morgan fingerprint density at radius 1 is 1.34 bits per heavy atom. The molecule has 3 rings (SSSR count). The molecule has 0 aliphatic carbocycles. The molecule has 0 atom stereocenters. The zero-order valence-electron chi connectivity index (χ0n) is 17.3. The lowest BCUT2D eigenvalue weighted by molar-refractivity contribution is -0.385. The largest absolute Gasteiger partial charge is 0.466 e. The fourth-order valence-corrected chi connectivity index (χ4v) is 3.58. The highest BCUT2D eigenvalue weighted by Gasteiger charge is 2.33. The fourth-order valence-electron chi connectivity index (χ4n) is 3.39. The standard InChI is InChI=1S/C20H22N6O5S/c1-2-30-20(27)14-7-9-25(10-8-14)18-17(26(28)29)19(23-12-22-18)31-15-5-3-13(4-6-15)16(11-32)24-21/h3-6,11-12,14H,2,7-10,21H2,1H3. The summed E-state index contributed by atoms with van der Waals surface area (Å²) in [6.07, 6.45) is 2.25. The fraction of sp³-hybridized carbons (Fsp3) is 0.350. The summed E-state index contributed by atoms with van der Waals surface area (Å²) in [5.41, 5.74) is 0.763. The Morgan fingerprint density at radius 2 is 2.03 bits per heavy atom. The van der Waals surface area contributed by atoms with Gasteiger partial charge in [-0.05, 0) is 44.0 Å². The van der Waals surface area contributed by atoms with Crippen LogP contribution < -0.4 is 15.5 Å². The minimum absolute atomic E-state index is 0.150. The van der Waals surface area contributed by atoms with Gasteiger partial charge < -0.3 is 20.2 Å². The van der Waals surface area contributed by atoms with E-state index in [1.807, 2.05) is 0 Å². The van der Waals surface area contributed by atoms with E-state index in [2.05, 4.69) is 15.1 Å². The number of hydrogen-bond acceptors (Lipinski definition) is 11. The molecule has 0 radical (unpaired) electrons. The third kappa shape index (κ3) is 5.14. The van der Waals surface area contributed by atoms with Crippen molar-refractivity contribution in [2.45, 2.75) is 19.8 Å². The van der Waals surface area contributed by atoms with Gasteiger partial charge in [0.15, 0.2) is 0 Å². The van der Waals surface area contributed by atoms with E-state index < -0.39 is 4.92 Å². The number of hydrazone groups is 1. The van der Waals surface area contributed by atoms with Gasteiger partial charge in [0, 0.05) is 24.0 Å². The van der Waals surface area contributed by atoms with E-state index in [0.29, 0.717) is 49.6 Å². The van der Waals surface area contributed by atoms with Crippen molar-refractivity contribution in [1.29, 1.82) is 0 Å². The van der Waals surface area contributed by atoms with Crippen molar-refractivity contribution < 1.29 is 19.2 Å². The molecule has 0 spiro atoms. The van der Waals surface area contributed by atoms with Gasteiger partial charge in [0.05, 0.1) is 17.4 Å². The number of aromatic nitrogens is 2. The molecular weight excluding hydrogens is 436 g/mol. The zero-order chi connectivity index (χ0) is 23.1. The van der Waals surface area contributed by atoms with Gasteiger partial charge >= 0.3 is 17.5 Å². The molecule has 12 heteroatoms. The molecule has 32 heavy (non-hydrogen) atoms. The number of carbonyl (C=O) groups excluding carboxylic acids is 1. The van der Waals surface area contributed by atoms with Gasteiger partial charge in [-0.1, -0.05) is 12.2 Å². The Kier molecular flexibility index (Phi) is 7.60. The molecule has 1 aliphatic heterocycles. The Morgan fingerprint density at radius 3 is 2.59 bits per heavy atom. The maximum atomic E-state index is 12.0. The summed E-state index contributed by atoms with van der Waals surface area (Å²) < 4.78 is 10.8. The minimum atomic E-state index is -0.568. The lowest BCUT2D eigenvalue weighted by Crippen LogP contribution is -2.37. The molecule has 0 bridgehead atoms. The first-order valence-electron chi connectivity index (χ1n) is 9.90. The molecule has 2 N–H and O–H groups in total. The van der Waals surface area contributed by atoms with Crippen molar-refractivity contribution in [2.75, 3.05) is 24.6 Å². The van der Waals surface area contributed by atoms with E-state index >= 15 is 0 Å². The summed E-state index contributed by atoms with van der Waals surface area (Å²) in [7, 11) is 0. The number of nitrogens with two attached hydrogens (primary N) is 1. The van der Waals surface area contributed by atoms with Crippen molar-refractivity contribution in [2.24, 2.45) is 16.9 Å². The first kappa shape index (κ1) is 23.0. The second-order valence-electron chi connectivity index (χ2n) is 6.88. The van der Waals surface area contributed by atoms with Crippen LogP contribution in [-0.4, -0.2) is 51.6 Å². The van der Waals surface area contributed by atoms with E-state index in [-0.39, 0.29) is 29.3 Å². The number of nitro groups is 1. The molecule has 168 valence electrons. The van der Waals surface area contributed by atoms with Gasteiger partial charge in [-0.3, -0.25) is 14.9 Å². The molecule has 0 amide bonds. The van der Waals surface area contributed by atoms with Crippen LogP contribution in [0, 0.1) is 16.0 Å². The number of piperidine rings is 1. The molecule has 0 saturated carbocycles. The minimum Gasteiger partial charge on any atom is -0.466 e. The second-order valence-corrected chi connectivity index (χ2v) is 7.12. The molecule has 1 aromatic carbocycles. The van der Waals surface area contributed by atoms with Crippen molar-refractivity contribution in [3.05, 3.63) is 46.3 Å². The van der Waals surface area contributed by atoms with Gasteiger partial charge in [-0.25, -0.2) is 4.98 Å². The molecule has 1 aromatic heterocycles. The Hall–Kier alpha value is -3.67. The summed E-state index contributed by atoms with van der Waals surface area (Å²) in [6.45, 7) is 2.93. The van der Waals surface area contributed by atoms with Crippen LogP contribution in [0.3, 0.4) is 0 Å². The molecule has 2 aromatic rings. The van der Waals surface area contributed by atoms with Crippen molar-refractivity contribution in [3.8, 4) is 11.6 Å². The van der Waals surface area contributed by atoms with Crippen LogP contribution in [0.1, 0.15) is 25.3 Å². The third-order valence-electron chi connectivity index (χ3n) is 4.98. The molecule has 1 aliphatic rings. The maximum absolute atomic E-state index is 12.0. The third-order valence-corrected chi connectivity index (χ3v) is 5.20. The number of anilines is 1. The van der Waals surface area contributed by atoms with Gasteiger partial charge in [0.25, 0.3) is 0 Å². The van der Waals surface area contributed by atoms with Crippen LogP contribution >= 0.6 is 12.2 Å². The van der Waals surface area contributed by atoms with E-state index in [9.17, 15) is 14.9 Å². The lowest BCUT2D eigenvalue weighted by atomic mass is 9.97. The summed E-state index contributed by atoms with van der Waals surface area (Å²) >= 11 is 4.86. The first-order chi connectivity index (χ1) is 15.5. The number of nitrogens with zero attached hydrogens (tertiary/aromatic N) is 5. The number of rotatable bonds is 8. The summed E-state index contributed by atoms with van der Waals surface area (Å²) in [6, 6.07) is 6.57. The van der Waals surface area contributed by atoms with E-state index in [0.717, 1.165) is 0 Å². The normalized spacial score (nSPS) is 14.7. The highest BCUT2D eigenvalue weighted by molar-refractivity contribution is 7.80. The number of carbonyl (C=O) groups is 1. The number of ether oxygens (including phenoxy) is 2. The van der Waals surface area contributed by atoms with Crippen LogP contribution in [0.4, 0.5) is 11.5 Å². The Balaban J connectivity index is 1.81. The van der Waals surface area contributed by atoms with Crippen LogP contribution in [0.2, 0.25) is 0 Å². The maximum Gasteiger partial charge on any atom is 0.373 e. The summed E-state index contributed by atoms with van der Waals surface area (Å²) in [5, 5.41) is 16.8. The summed E-state index contributed by atoms with van der Waals surface area (Å²) in [5.74, 6) is 5.13. The quantitative estimate of drug-likeness (QED) is 0.156. The molecular formula is C20H22N6O5S. The second kappa shape index (κ2) is 10.6. The average Bonchev–Trinajstić information content (AvgIpc) is 2.81. The highest BCUT2D eigenvalue weighted by Crippen LogP contribution is 2.37. The molecule has 0 unspecified atom stereocenters. The van der Waals surface area contributed by atoms with Crippen LogP contribution in [0.25, 0.3) is 0 Å². The Bertz CT molecular complexity index is 1020. The van der Waals surface area contributed by atoms with E-state index in [4.69, 9.17) is 27.5 Å². The molecule has 2 heterocycles. The Labute approximate surface area is 189 Å². The predicted molar refractivity (Wildman–Crippen MR) is 121 cm³/mol. The molecule has 1 fully saturated rings. The monoisotopic (exact) mass is 458 g/mol. The van der Waals surface area contributed by atoms with Gasteiger partial charge in [0.1, 0.15) is 17.8 Å². The van der Waals surface area contributed by atoms with Gasteiger partial charge in [-0.2, -0.15) is 10.1 Å². The smallest absolute Gasteiger partial charge is 0.373 e. The SMILES string of the molecule is CCOC(=O)C1CCN(c2ncnc(Oc3ccc(C(C=S)=NN)cc3)c2[N+](=O)[O-])CC1. The zero-order valence-corrected chi connectivity index (χ0v) is 18.2. The number of hydrogen-bond donors (Lipinski definition) is 1. The van der Waals surface area contributed by atoms with Crippen molar-refractivity contribution in [3.63, 3.8) is 0 Å². The van der Waals surface area contributed by atoms with Crippen molar-refractivity contribution >= 4 is 40.8 Å². The van der Waals surface area contributed by atoms with Crippen molar-refractivity contribution in [1.82, 2.24) is 9.97 Å². The summed E-state index contributed by atoms with van der Waals surface area (Å²) in [4.78, 5) is 33.1. The topological polar surface area (TPSA) is 146 Å². The van der Waals surface area contributed by atoms with Gasteiger partial charge in [-0.15, -0.1) is 0 Å². The molecule has 1 saturated heterocycles. The number of esters is 1. The van der Waals surface area contributed by atoms with Gasteiger partial charge in [0.2, 0.25) is 5.82 Å². The van der Waals surface area contributed by atoms with E-state index in [1.165, 1.54) is 11.7 Å². The van der Waals surface area contributed by atoms with Crippen LogP contribution in [-0.2, 0) is 9.53 Å². The number of thiocarbonyl (C=S) groups is 1. The predicted octanol–water partition coefficient (Wildman–Crippen LogP) is 2.62. The van der Waals surface area contributed by atoms with E-state index in [1.54, 1.807) is 36.1 Å². The molecule has 11 nitrogen and oxygen atoms in total. The van der Waals surface area contributed by atoms with Crippen LogP contribution in [0.15, 0.2) is 35.7 Å². The average molecular weight is 459 g/mol.